The molecule has 1 atom stereocenters. The Labute approximate surface area is 130 Å². The Morgan fingerprint density at radius 3 is 2.45 bits per heavy atom. The van der Waals surface area contributed by atoms with Crippen LogP contribution in [0.4, 0.5) is 0 Å². The van der Waals surface area contributed by atoms with Crippen LogP contribution in [0.2, 0.25) is 0 Å². The lowest BCUT2D eigenvalue weighted by atomic mass is 10.1. The maximum absolute atomic E-state index is 12.3. The summed E-state index contributed by atoms with van der Waals surface area (Å²) in [6.45, 7) is 9.25. The highest BCUT2D eigenvalue weighted by Gasteiger charge is 2.24. The molecule has 0 aliphatic heterocycles. The zero-order valence-corrected chi connectivity index (χ0v) is 13.6. The number of ether oxygens (including phenoxy) is 1. The van der Waals surface area contributed by atoms with E-state index in [-0.39, 0.29) is 5.97 Å². The fourth-order valence-corrected chi connectivity index (χ4v) is 2.40. The van der Waals surface area contributed by atoms with E-state index in [1.54, 1.807) is 19.1 Å². The number of hydrogen-bond donors (Lipinski definition) is 1. The van der Waals surface area contributed by atoms with Gasteiger partial charge < -0.3 is 15.0 Å². The fourth-order valence-electron chi connectivity index (χ4n) is 2.40. The Morgan fingerprint density at radius 1 is 1.27 bits per heavy atom. The lowest BCUT2D eigenvalue weighted by Gasteiger charge is -2.23. The van der Waals surface area contributed by atoms with E-state index in [2.05, 4.69) is 0 Å². The average Bonchev–Trinajstić information content (AvgIpc) is 2.72. The van der Waals surface area contributed by atoms with Gasteiger partial charge in [-0.3, -0.25) is 4.79 Å². The number of nitrogens with zero attached hydrogens (tertiary/aromatic N) is 1. The third kappa shape index (κ3) is 3.13. The highest BCUT2D eigenvalue weighted by Crippen LogP contribution is 2.26. The van der Waals surface area contributed by atoms with Crippen molar-refractivity contribution in [1.29, 1.82) is 0 Å². The summed E-state index contributed by atoms with van der Waals surface area (Å²) >= 11 is 0. The first kappa shape index (κ1) is 16.1. The standard InChI is InChI=1S/C17H22N2O3/c1-10-9-19(11(2)16(21)22-17(3,4)5)14-8-12(15(18)20)6-7-13(10)14/h6-9,11H,1-5H3,(H2,18,20). The first-order chi connectivity index (χ1) is 10.1. The summed E-state index contributed by atoms with van der Waals surface area (Å²) in [5, 5.41) is 0.986. The Hall–Kier alpha value is -2.30. The van der Waals surface area contributed by atoms with Crippen LogP contribution in [0.1, 0.15) is 49.7 Å². The number of hydrogen-bond acceptors (Lipinski definition) is 3. The second-order valence-corrected chi connectivity index (χ2v) is 6.53. The van der Waals surface area contributed by atoms with Crippen molar-refractivity contribution in [3.05, 3.63) is 35.5 Å². The molecule has 0 saturated carbocycles. The van der Waals surface area contributed by atoms with Gasteiger partial charge in [0.1, 0.15) is 11.6 Å². The molecule has 2 rings (SSSR count). The van der Waals surface area contributed by atoms with Crippen LogP contribution in [-0.2, 0) is 9.53 Å². The quantitative estimate of drug-likeness (QED) is 0.886. The van der Waals surface area contributed by atoms with Gasteiger partial charge in [-0.05, 0) is 52.3 Å². The molecule has 1 aromatic heterocycles. The maximum Gasteiger partial charge on any atom is 0.329 e. The van der Waals surface area contributed by atoms with E-state index in [1.165, 1.54) is 0 Å². The molecule has 0 aliphatic rings. The molecule has 1 unspecified atom stereocenters. The van der Waals surface area contributed by atoms with Crippen molar-refractivity contribution in [2.75, 3.05) is 0 Å². The summed E-state index contributed by atoms with van der Waals surface area (Å²) in [6, 6.07) is 4.77. The van der Waals surface area contributed by atoms with Gasteiger partial charge >= 0.3 is 5.97 Å². The zero-order chi connectivity index (χ0) is 16.7. The van der Waals surface area contributed by atoms with Crippen molar-refractivity contribution >= 4 is 22.8 Å². The average molecular weight is 302 g/mol. The molecule has 2 N–H and O–H groups in total. The molecule has 22 heavy (non-hydrogen) atoms. The normalized spacial score (nSPS) is 13.1. The maximum atomic E-state index is 12.3. The predicted molar refractivity (Wildman–Crippen MR) is 85.7 cm³/mol. The largest absolute Gasteiger partial charge is 0.458 e. The van der Waals surface area contributed by atoms with E-state index < -0.39 is 17.6 Å². The summed E-state index contributed by atoms with van der Waals surface area (Å²) in [5.74, 6) is -0.800. The molecule has 2 aromatic rings. The number of rotatable bonds is 3. The minimum absolute atomic E-state index is 0.311. The Kier molecular flexibility index (Phi) is 4.00. The van der Waals surface area contributed by atoms with Crippen LogP contribution in [0.5, 0.6) is 0 Å². The number of carbonyl (C=O) groups excluding carboxylic acids is 2. The van der Waals surface area contributed by atoms with E-state index in [0.29, 0.717) is 5.56 Å². The molecule has 0 bridgehead atoms. The van der Waals surface area contributed by atoms with E-state index >= 15 is 0 Å². The minimum atomic E-state index is -0.540. The fraction of sp³-hybridized carbons (Fsp3) is 0.412. The highest BCUT2D eigenvalue weighted by molar-refractivity contribution is 5.98. The minimum Gasteiger partial charge on any atom is -0.458 e. The van der Waals surface area contributed by atoms with E-state index in [9.17, 15) is 9.59 Å². The van der Waals surface area contributed by atoms with Crippen LogP contribution in [0.25, 0.3) is 10.9 Å². The van der Waals surface area contributed by atoms with Gasteiger partial charge in [-0.2, -0.15) is 0 Å². The number of esters is 1. The van der Waals surface area contributed by atoms with Crippen molar-refractivity contribution in [1.82, 2.24) is 4.57 Å². The van der Waals surface area contributed by atoms with Gasteiger partial charge in [-0.1, -0.05) is 6.07 Å². The van der Waals surface area contributed by atoms with Crippen LogP contribution in [0, 0.1) is 6.92 Å². The number of nitrogens with two attached hydrogens (primary N) is 1. The summed E-state index contributed by atoms with van der Waals surface area (Å²) in [6.07, 6.45) is 1.89. The van der Waals surface area contributed by atoms with Gasteiger partial charge in [-0.15, -0.1) is 0 Å². The van der Waals surface area contributed by atoms with Crippen molar-refractivity contribution < 1.29 is 14.3 Å². The monoisotopic (exact) mass is 302 g/mol. The van der Waals surface area contributed by atoms with Crippen LogP contribution in [0.3, 0.4) is 0 Å². The Bertz CT molecular complexity index is 738. The van der Waals surface area contributed by atoms with E-state index in [0.717, 1.165) is 16.5 Å². The van der Waals surface area contributed by atoms with Crippen LogP contribution >= 0.6 is 0 Å². The summed E-state index contributed by atoms with van der Waals surface area (Å²) in [4.78, 5) is 23.7. The van der Waals surface area contributed by atoms with Crippen molar-refractivity contribution in [2.24, 2.45) is 5.73 Å². The number of primary amides is 1. The number of carbonyl (C=O) groups is 2. The molecule has 118 valence electrons. The SMILES string of the molecule is Cc1cn(C(C)C(=O)OC(C)(C)C)c2cc(C(N)=O)ccc12. The van der Waals surface area contributed by atoms with Gasteiger partial charge in [0.2, 0.25) is 5.91 Å². The van der Waals surface area contributed by atoms with Crippen molar-refractivity contribution in [2.45, 2.75) is 46.3 Å². The molecule has 1 aromatic carbocycles. The Balaban J connectivity index is 2.48. The molecule has 1 heterocycles. The molecular formula is C17H22N2O3. The topological polar surface area (TPSA) is 74.3 Å². The highest BCUT2D eigenvalue weighted by atomic mass is 16.6. The number of aromatic nitrogens is 1. The molecule has 1 amide bonds. The van der Waals surface area contributed by atoms with Gasteiger partial charge in [0, 0.05) is 22.7 Å². The van der Waals surface area contributed by atoms with Gasteiger partial charge in [0.15, 0.2) is 0 Å². The van der Waals surface area contributed by atoms with Crippen molar-refractivity contribution in [3.8, 4) is 0 Å². The molecule has 0 fully saturated rings. The lowest BCUT2D eigenvalue weighted by molar-refractivity contribution is -0.158. The third-order valence-electron chi connectivity index (χ3n) is 3.48. The number of fused-ring (bicyclic) bond motifs is 1. The summed E-state index contributed by atoms with van der Waals surface area (Å²) in [5.41, 5.74) is 7.05. The van der Waals surface area contributed by atoms with Crippen LogP contribution in [-0.4, -0.2) is 22.0 Å². The number of amides is 1. The predicted octanol–water partition coefficient (Wildman–Crippen LogP) is 2.95. The molecular weight excluding hydrogens is 280 g/mol. The molecule has 0 aliphatic carbocycles. The lowest BCUT2D eigenvalue weighted by Crippen LogP contribution is -2.28. The summed E-state index contributed by atoms with van der Waals surface area (Å²) in [7, 11) is 0. The van der Waals surface area contributed by atoms with E-state index in [1.807, 2.05) is 44.5 Å². The third-order valence-corrected chi connectivity index (χ3v) is 3.48. The molecule has 0 spiro atoms. The number of benzene rings is 1. The zero-order valence-electron chi connectivity index (χ0n) is 13.6. The van der Waals surface area contributed by atoms with Crippen LogP contribution in [0.15, 0.2) is 24.4 Å². The molecule has 5 nitrogen and oxygen atoms in total. The van der Waals surface area contributed by atoms with E-state index in [4.69, 9.17) is 10.5 Å². The van der Waals surface area contributed by atoms with Gasteiger partial charge in [0.05, 0.1) is 0 Å². The summed E-state index contributed by atoms with van der Waals surface area (Å²) < 4.78 is 7.26. The number of aryl methyl sites for hydroxylation is 1. The molecule has 0 radical (unpaired) electrons. The second-order valence-electron chi connectivity index (χ2n) is 6.53. The molecule has 0 saturated heterocycles. The second kappa shape index (κ2) is 5.48. The van der Waals surface area contributed by atoms with Crippen molar-refractivity contribution in [3.63, 3.8) is 0 Å². The molecule has 5 heteroatoms. The first-order valence-electron chi connectivity index (χ1n) is 7.24. The van der Waals surface area contributed by atoms with Gasteiger partial charge in [0.25, 0.3) is 0 Å². The first-order valence-corrected chi connectivity index (χ1v) is 7.24. The Morgan fingerprint density at radius 2 is 1.91 bits per heavy atom. The smallest absolute Gasteiger partial charge is 0.329 e. The van der Waals surface area contributed by atoms with Gasteiger partial charge in [-0.25, -0.2) is 4.79 Å². The van der Waals surface area contributed by atoms with Crippen LogP contribution < -0.4 is 5.73 Å².